The summed E-state index contributed by atoms with van der Waals surface area (Å²) in [6, 6.07) is 10.6. The van der Waals surface area contributed by atoms with Gasteiger partial charge in [-0.15, -0.1) is 11.8 Å². The van der Waals surface area contributed by atoms with Gasteiger partial charge in [0.1, 0.15) is 5.76 Å². The summed E-state index contributed by atoms with van der Waals surface area (Å²) in [4.78, 5) is 11.7. The van der Waals surface area contributed by atoms with Crippen molar-refractivity contribution in [3.63, 3.8) is 0 Å². The molecule has 0 amide bonds. The zero-order valence-corrected chi connectivity index (χ0v) is 11.1. The molecule has 0 saturated carbocycles. The van der Waals surface area contributed by atoms with E-state index in [1.807, 2.05) is 12.1 Å². The summed E-state index contributed by atoms with van der Waals surface area (Å²) in [6.07, 6.45) is 0. The Morgan fingerprint density at radius 2 is 1.94 bits per heavy atom. The standard InChI is InChI=1S/C12H9BrO3S/c13-11-6-3-9(16-11)7-17-10-4-1-8(2-5-10)12(14)15/h1-6H,7H2,(H,14,15). The second-order valence-corrected chi connectivity index (χ2v) is 5.15. The maximum absolute atomic E-state index is 10.7. The molecule has 0 fully saturated rings. The van der Waals surface area contributed by atoms with Gasteiger partial charge >= 0.3 is 5.97 Å². The van der Waals surface area contributed by atoms with Crippen molar-refractivity contribution in [2.45, 2.75) is 10.6 Å². The third-order valence-electron chi connectivity index (χ3n) is 2.11. The number of halogens is 1. The maximum atomic E-state index is 10.7. The van der Waals surface area contributed by atoms with Crippen LogP contribution in [0.25, 0.3) is 0 Å². The van der Waals surface area contributed by atoms with Gasteiger partial charge in [-0.25, -0.2) is 4.79 Å². The van der Waals surface area contributed by atoms with Crippen LogP contribution in [0.2, 0.25) is 0 Å². The Labute approximate surface area is 111 Å². The molecular formula is C12H9BrO3S. The molecule has 0 spiro atoms. The average Bonchev–Trinajstić information content (AvgIpc) is 2.73. The van der Waals surface area contributed by atoms with E-state index < -0.39 is 5.97 Å². The first-order valence-corrected chi connectivity index (χ1v) is 6.63. The Morgan fingerprint density at radius 1 is 1.24 bits per heavy atom. The van der Waals surface area contributed by atoms with Gasteiger partial charge in [0.05, 0.1) is 11.3 Å². The molecule has 3 nitrogen and oxygen atoms in total. The van der Waals surface area contributed by atoms with Crippen LogP contribution in [-0.2, 0) is 5.75 Å². The van der Waals surface area contributed by atoms with Gasteiger partial charge in [0.15, 0.2) is 4.67 Å². The molecule has 88 valence electrons. The summed E-state index contributed by atoms with van der Waals surface area (Å²) < 4.78 is 6.09. The molecule has 0 unspecified atom stereocenters. The van der Waals surface area contributed by atoms with E-state index in [0.29, 0.717) is 10.2 Å². The van der Waals surface area contributed by atoms with E-state index in [1.54, 1.807) is 36.0 Å². The molecule has 5 heteroatoms. The molecular weight excluding hydrogens is 304 g/mol. The van der Waals surface area contributed by atoms with Crippen LogP contribution in [-0.4, -0.2) is 11.1 Å². The molecule has 1 aromatic carbocycles. The Morgan fingerprint density at radius 3 is 2.47 bits per heavy atom. The highest BCUT2D eigenvalue weighted by Crippen LogP contribution is 2.25. The lowest BCUT2D eigenvalue weighted by Gasteiger charge is -2.00. The molecule has 0 aliphatic heterocycles. The Kier molecular flexibility index (Phi) is 3.91. The predicted molar refractivity (Wildman–Crippen MR) is 69.4 cm³/mol. The minimum absolute atomic E-state index is 0.301. The molecule has 1 aromatic heterocycles. The van der Waals surface area contributed by atoms with Crippen molar-refractivity contribution in [2.75, 3.05) is 0 Å². The van der Waals surface area contributed by atoms with E-state index in [9.17, 15) is 4.79 Å². The third kappa shape index (κ3) is 3.38. The lowest BCUT2D eigenvalue weighted by Crippen LogP contribution is -1.94. The summed E-state index contributed by atoms with van der Waals surface area (Å²) in [5, 5.41) is 8.76. The van der Waals surface area contributed by atoms with Crippen molar-refractivity contribution in [2.24, 2.45) is 0 Å². The van der Waals surface area contributed by atoms with Crippen LogP contribution in [0.5, 0.6) is 0 Å². The topological polar surface area (TPSA) is 50.4 Å². The molecule has 0 saturated heterocycles. The second-order valence-electron chi connectivity index (χ2n) is 3.32. The van der Waals surface area contributed by atoms with Gasteiger partial charge in [0, 0.05) is 4.90 Å². The van der Waals surface area contributed by atoms with Gasteiger partial charge in [-0.1, -0.05) is 0 Å². The van der Waals surface area contributed by atoms with E-state index >= 15 is 0 Å². The van der Waals surface area contributed by atoms with Gasteiger partial charge in [0.25, 0.3) is 0 Å². The highest BCUT2D eigenvalue weighted by atomic mass is 79.9. The van der Waals surface area contributed by atoms with Gasteiger partial charge in [0.2, 0.25) is 0 Å². The van der Waals surface area contributed by atoms with Crippen LogP contribution >= 0.6 is 27.7 Å². The molecule has 0 radical (unpaired) electrons. The lowest BCUT2D eigenvalue weighted by atomic mass is 10.2. The van der Waals surface area contributed by atoms with Crippen LogP contribution < -0.4 is 0 Å². The minimum Gasteiger partial charge on any atom is -0.478 e. The van der Waals surface area contributed by atoms with Crippen molar-refractivity contribution < 1.29 is 14.3 Å². The van der Waals surface area contributed by atoms with E-state index in [2.05, 4.69) is 15.9 Å². The van der Waals surface area contributed by atoms with Crippen LogP contribution in [0, 0.1) is 0 Å². The van der Waals surface area contributed by atoms with E-state index in [-0.39, 0.29) is 0 Å². The van der Waals surface area contributed by atoms with Crippen LogP contribution in [0.4, 0.5) is 0 Å². The number of rotatable bonds is 4. The Balaban J connectivity index is 1.97. The van der Waals surface area contributed by atoms with Crippen molar-refractivity contribution in [3.8, 4) is 0 Å². The maximum Gasteiger partial charge on any atom is 0.335 e. The largest absolute Gasteiger partial charge is 0.478 e. The third-order valence-corrected chi connectivity index (χ3v) is 3.57. The molecule has 1 N–H and O–H groups in total. The Bertz CT molecular complexity index is 519. The van der Waals surface area contributed by atoms with Gasteiger partial charge in [-0.2, -0.15) is 0 Å². The van der Waals surface area contributed by atoms with Crippen LogP contribution in [0.3, 0.4) is 0 Å². The Hall–Kier alpha value is -1.20. The molecule has 2 rings (SSSR count). The fourth-order valence-electron chi connectivity index (χ4n) is 1.28. The first kappa shape index (κ1) is 12.3. The summed E-state index contributed by atoms with van der Waals surface area (Å²) in [5.41, 5.74) is 0.301. The summed E-state index contributed by atoms with van der Waals surface area (Å²) in [7, 11) is 0. The van der Waals surface area contributed by atoms with E-state index in [4.69, 9.17) is 9.52 Å². The number of furan rings is 1. The quantitative estimate of drug-likeness (QED) is 0.866. The molecule has 17 heavy (non-hydrogen) atoms. The zero-order chi connectivity index (χ0) is 12.3. The van der Waals surface area contributed by atoms with Gasteiger partial charge in [-0.3, -0.25) is 0 Å². The van der Waals surface area contributed by atoms with E-state index in [0.717, 1.165) is 16.4 Å². The molecule has 0 atom stereocenters. The molecule has 0 aliphatic carbocycles. The van der Waals surface area contributed by atoms with Crippen LogP contribution in [0.15, 0.2) is 50.4 Å². The fraction of sp³-hybridized carbons (Fsp3) is 0.0833. The molecule has 0 bridgehead atoms. The molecule has 0 aliphatic rings. The number of thioether (sulfide) groups is 1. The van der Waals surface area contributed by atoms with Crippen LogP contribution in [0.1, 0.15) is 16.1 Å². The number of carboxylic acids is 1. The predicted octanol–water partition coefficient (Wildman–Crippen LogP) is 4.03. The summed E-state index contributed by atoms with van der Waals surface area (Å²) in [6.45, 7) is 0. The van der Waals surface area contributed by atoms with E-state index in [1.165, 1.54) is 0 Å². The molecule has 1 heterocycles. The monoisotopic (exact) mass is 312 g/mol. The lowest BCUT2D eigenvalue weighted by molar-refractivity contribution is 0.0697. The van der Waals surface area contributed by atoms with Crippen molar-refractivity contribution in [1.82, 2.24) is 0 Å². The normalized spacial score (nSPS) is 10.4. The fourth-order valence-corrected chi connectivity index (χ4v) is 2.41. The summed E-state index contributed by atoms with van der Waals surface area (Å²) >= 11 is 4.84. The number of benzene rings is 1. The highest BCUT2D eigenvalue weighted by Gasteiger charge is 2.04. The number of aromatic carboxylic acids is 1. The number of hydrogen-bond acceptors (Lipinski definition) is 3. The van der Waals surface area contributed by atoms with Crippen molar-refractivity contribution in [1.29, 1.82) is 0 Å². The van der Waals surface area contributed by atoms with Gasteiger partial charge in [-0.05, 0) is 52.3 Å². The SMILES string of the molecule is O=C(O)c1ccc(SCc2ccc(Br)o2)cc1. The smallest absolute Gasteiger partial charge is 0.335 e. The van der Waals surface area contributed by atoms with Crippen molar-refractivity contribution >= 4 is 33.7 Å². The van der Waals surface area contributed by atoms with Crippen molar-refractivity contribution in [3.05, 3.63) is 52.4 Å². The second kappa shape index (κ2) is 5.42. The zero-order valence-electron chi connectivity index (χ0n) is 8.72. The number of carboxylic acid groups (broad SMARTS) is 1. The summed E-state index contributed by atoms with van der Waals surface area (Å²) in [5.74, 6) is 0.693. The number of hydrogen-bond donors (Lipinski definition) is 1. The van der Waals surface area contributed by atoms with Gasteiger partial charge < -0.3 is 9.52 Å². The average molecular weight is 313 g/mol. The molecule has 2 aromatic rings. The minimum atomic E-state index is -0.906. The first-order chi connectivity index (χ1) is 8.15. The number of carbonyl (C=O) groups is 1. The first-order valence-electron chi connectivity index (χ1n) is 4.85. The highest BCUT2D eigenvalue weighted by molar-refractivity contribution is 9.10.